The SMILES string of the molecule is CCCn1nccc1C(N)c1cncs1. The zero-order valence-electron chi connectivity index (χ0n) is 8.63. The molecule has 0 bridgehead atoms. The van der Waals surface area contributed by atoms with Crippen molar-refractivity contribution in [3.8, 4) is 0 Å². The van der Waals surface area contributed by atoms with Crippen LogP contribution in [-0.2, 0) is 6.54 Å². The van der Waals surface area contributed by atoms with Crippen LogP contribution in [-0.4, -0.2) is 14.8 Å². The van der Waals surface area contributed by atoms with Crippen LogP contribution in [0.1, 0.15) is 30.0 Å². The molecule has 1 atom stereocenters. The molecule has 0 spiro atoms. The van der Waals surface area contributed by atoms with Crippen molar-refractivity contribution >= 4 is 11.3 Å². The average Bonchev–Trinajstić information content (AvgIpc) is 2.87. The van der Waals surface area contributed by atoms with E-state index in [2.05, 4.69) is 17.0 Å². The monoisotopic (exact) mass is 222 g/mol. The third kappa shape index (κ3) is 2.08. The van der Waals surface area contributed by atoms with Gasteiger partial charge >= 0.3 is 0 Å². The van der Waals surface area contributed by atoms with Gasteiger partial charge in [-0.15, -0.1) is 11.3 Å². The molecule has 0 aliphatic heterocycles. The van der Waals surface area contributed by atoms with Gasteiger partial charge in [0.1, 0.15) is 0 Å². The van der Waals surface area contributed by atoms with Crippen LogP contribution in [0.25, 0.3) is 0 Å². The summed E-state index contributed by atoms with van der Waals surface area (Å²) in [6, 6.07) is 1.87. The van der Waals surface area contributed by atoms with Gasteiger partial charge in [0.15, 0.2) is 0 Å². The third-order valence-corrected chi connectivity index (χ3v) is 3.12. The Hall–Kier alpha value is -1.20. The van der Waals surface area contributed by atoms with E-state index in [0.29, 0.717) is 0 Å². The van der Waals surface area contributed by atoms with E-state index < -0.39 is 0 Å². The van der Waals surface area contributed by atoms with Gasteiger partial charge in [0, 0.05) is 23.8 Å². The maximum atomic E-state index is 6.15. The molecule has 4 nitrogen and oxygen atoms in total. The maximum Gasteiger partial charge on any atom is 0.0833 e. The molecule has 0 aromatic carbocycles. The number of aryl methyl sites for hydroxylation is 1. The van der Waals surface area contributed by atoms with Crippen LogP contribution in [0.3, 0.4) is 0 Å². The third-order valence-electron chi connectivity index (χ3n) is 2.26. The van der Waals surface area contributed by atoms with Crippen molar-refractivity contribution in [2.45, 2.75) is 25.9 Å². The highest BCUT2D eigenvalue weighted by atomic mass is 32.1. The molecule has 2 heterocycles. The molecule has 0 aliphatic carbocycles. The van der Waals surface area contributed by atoms with Gasteiger partial charge in [-0.25, -0.2) is 0 Å². The van der Waals surface area contributed by atoms with Gasteiger partial charge in [0.25, 0.3) is 0 Å². The first-order chi connectivity index (χ1) is 7.33. The van der Waals surface area contributed by atoms with E-state index in [1.54, 1.807) is 23.0 Å². The van der Waals surface area contributed by atoms with Gasteiger partial charge in [-0.1, -0.05) is 6.92 Å². The molecular weight excluding hydrogens is 208 g/mol. The summed E-state index contributed by atoms with van der Waals surface area (Å²) in [5, 5.41) is 4.26. The van der Waals surface area contributed by atoms with Crippen LogP contribution in [0.4, 0.5) is 0 Å². The Kier molecular flexibility index (Phi) is 3.13. The molecule has 0 aliphatic rings. The number of aromatic nitrogens is 3. The Morgan fingerprint density at radius 2 is 2.47 bits per heavy atom. The summed E-state index contributed by atoms with van der Waals surface area (Å²) in [7, 11) is 0. The first-order valence-corrected chi connectivity index (χ1v) is 5.86. The summed E-state index contributed by atoms with van der Waals surface area (Å²) >= 11 is 1.58. The van der Waals surface area contributed by atoms with E-state index in [1.165, 1.54) is 0 Å². The van der Waals surface area contributed by atoms with Crippen molar-refractivity contribution in [2.75, 3.05) is 0 Å². The molecule has 0 amide bonds. The Bertz CT molecular complexity index is 407. The lowest BCUT2D eigenvalue weighted by molar-refractivity contribution is 0.561. The normalized spacial score (nSPS) is 12.9. The topological polar surface area (TPSA) is 56.7 Å². The molecule has 2 rings (SSSR count). The van der Waals surface area contributed by atoms with Crippen molar-refractivity contribution in [3.63, 3.8) is 0 Å². The fourth-order valence-electron chi connectivity index (χ4n) is 1.53. The summed E-state index contributed by atoms with van der Waals surface area (Å²) in [6.07, 6.45) is 4.68. The minimum atomic E-state index is -0.105. The Labute approximate surface area is 92.8 Å². The van der Waals surface area contributed by atoms with Crippen LogP contribution < -0.4 is 5.73 Å². The van der Waals surface area contributed by atoms with Gasteiger partial charge in [-0.3, -0.25) is 9.67 Å². The summed E-state index contributed by atoms with van der Waals surface area (Å²) in [4.78, 5) is 5.11. The lowest BCUT2D eigenvalue weighted by atomic mass is 10.2. The predicted octanol–water partition coefficient (Wildman–Crippen LogP) is 1.80. The summed E-state index contributed by atoms with van der Waals surface area (Å²) in [5.41, 5.74) is 9.00. The number of hydrogen-bond acceptors (Lipinski definition) is 4. The number of thiazole rings is 1. The number of hydrogen-bond donors (Lipinski definition) is 1. The fourth-order valence-corrected chi connectivity index (χ4v) is 2.16. The molecule has 0 radical (unpaired) electrons. The van der Waals surface area contributed by atoms with Gasteiger partial charge in [0.2, 0.25) is 0 Å². The van der Waals surface area contributed by atoms with Crippen LogP contribution >= 0.6 is 11.3 Å². The summed E-state index contributed by atoms with van der Waals surface area (Å²) < 4.78 is 1.96. The quantitative estimate of drug-likeness (QED) is 0.858. The number of nitrogens with zero attached hydrogens (tertiary/aromatic N) is 3. The highest BCUT2D eigenvalue weighted by Crippen LogP contribution is 2.22. The second-order valence-electron chi connectivity index (χ2n) is 3.36. The van der Waals surface area contributed by atoms with E-state index in [1.807, 2.05) is 16.9 Å². The Morgan fingerprint density at radius 3 is 3.13 bits per heavy atom. The van der Waals surface area contributed by atoms with Gasteiger partial charge in [0.05, 0.1) is 17.2 Å². The van der Waals surface area contributed by atoms with Gasteiger partial charge < -0.3 is 5.73 Å². The average molecular weight is 222 g/mol. The van der Waals surface area contributed by atoms with E-state index in [4.69, 9.17) is 5.73 Å². The lowest BCUT2D eigenvalue weighted by Gasteiger charge is -2.11. The molecule has 80 valence electrons. The predicted molar refractivity (Wildman–Crippen MR) is 60.7 cm³/mol. The number of nitrogens with two attached hydrogens (primary N) is 1. The van der Waals surface area contributed by atoms with Crippen LogP contribution in [0.2, 0.25) is 0 Å². The van der Waals surface area contributed by atoms with Crippen LogP contribution in [0, 0.1) is 0 Å². The molecule has 5 heteroatoms. The zero-order chi connectivity index (χ0) is 10.7. The summed E-state index contributed by atoms with van der Waals surface area (Å²) in [6.45, 7) is 3.04. The van der Waals surface area contributed by atoms with Crippen molar-refractivity contribution in [3.05, 3.63) is 34.5 Å². The molecule has 0 fully saturated rings. The highest BCUT2D eigenvalue weighted by molar-refractivity contribution is 7.09. The van der Waals surface area contributed by atoms with Crippen molar-refractivity contribution in [2.24, 2.45) is 5.73 Å². The minimum absolute atomic E-state index is 0.105. The lowest BCUT2D eigenvalue weighted by Crippen LogP contribution is -2.16. The first kappa shape index (κ1) is 10.3. The van der Waals surface area contributed by atoms with Crippen molar-refractivity contribution < 1.29 is 0 Å². The smallest absolute Gasteiger partial charge is 0.0833 e. The molecular formula is C10H14N4S. The largest absolute Gasteiger partial charge is 0.318 e. The second-order valence-corrected chi connectivity index (χ2v) is 4.28. The Balaban J connectivity index is 2.25. The molecule has 1 unspecified atom stereocenters. The molecule has 2 aromatic rings. The van der Waals surface area contributed by atoms with Crippen molar-refractivity contribution in [1.29, 1.82) is 0 Å². The molecule has 15 heavy (non-hydrogen) atoms. The number of rotatable bonds is 4. The van der Waals surface area contributed by atoms with E-state index in [0.717, 1.165) is 23.5 Å². The standard InChI is InChI=1S/C10H14N4S/c1-2-5-14-8(3-4-13-14)10(11)9-6-12-7-15-9/h3-4,6-7,10H,2,5,11H2,1H3. The van der Waals surface area contributed by atoms with E-state index in [-0.39, 0.29) is 6.04 Å². The van der Waals surface area contributed by atoms with E-state index >= 15 is 0 Å². The zero-order valence-corrected chi connectivity index (χ0v) is 9.44. The molecule has 2 N–H and O–H groups in total. The van der Waals surface area contributed by atoms with Crippen molar-refractivity contribution in [1.82, 2.24) is 14.8 Å². The first-order valence-electron chi connectivity index (χ1n) is 4.98. The van der Waals surface area contributed by atoms with Gasteiger partial charge in [-0.2, -0.15) is 5.10 Å². The maximum absolute atomic E-state index is 6.15. The van der Waals surface area contributed by atoms with Crippen LogP contribution in [0.5, 0.6) is 0 Å². The Morgan fingerprint density at radius 1 is 1.60 bits per heavy atom. The van der Waals surface area contributed by atoms with E-state index in [9.17, 15) is 0 Å². The molecule has 0 saturated carbocycles. The summed E-state index contributed by atoms with van der Waals surface area (Å²) in [5.74, 6) is 0. The highest BCUT2D eigenvalue weighted by Gasteiger charge is 2.14. The second kappa shape index (κ2) is 4.55. The molecule has 0 saturated heterocycles. The van der Waals surface area contributed by atoms with Crippen LogP contribution in [0.15, 0.2) is 24.0 Å². The molecule has 2 aromatic heterocycles. The fraction of sp³-hybridized carbons (Fsp3) is 0.400. The minimum Gasteiger partial charge on any atom is -0.318 e. The van der Waals surface area contributed by atoms with Gasteiger partial charge in [-0.05, 0) is 12.5 Å².